The van der Waals surface area contributed by atoms with Gasteiger partial charge in [-0.25, -0.2) is 4.79 Å². The van der Waals surface area contributed by atoms with Crippen LogP contribution in [0, 0.1) is 5.92 Å². The number of amides is 2. The van der Waals surface area contributed by atoms with Crippen LogP contribution in [0.1, 0.15) is 34.7 Å². The van der Waals surface area contributed by atoms with Crippen LogP contribution in [-0.4, -0.2) is 72.3 Å². The highest BCUT2D eigenvalue weighted by Crippen LogP contribution is 2.24. The number of hydrogen-bond donors (Lipinski definition) is 0. The fourth-order valence-corrected chi connectivity index (χ4v) is 4.53. The molecule has 2 aliphatic heterocycles. The lowest BCUT2D eigenvalue weighted by Gasteiger charge is -2.24. The Bertz CT molecular complexity index is 1010. The summed E-state index contributed by atoms with van der Waals surface area (Å²) in [7, 11) is 1.32. The molecule has 0 radical (unpaired) electrons. The lowest BCUT2D eigenvalue weighted by Crippen LogP contribution is -2.39. The van der Waals surface area contributed by atoms with Crippen molar-refractivity contribution in [3.05, 3.63) is 58.5 Å². The van der Waals surface area contributed by atoms with Gasteiger partial charge < -0.3 is 19.0 Å². The fourth-order valence-electron chi connectivity index (χ4n) is 4.40. The van der Waals surface area contributed by atoms with Gasteiger partial charge in [-0.1, -0.05) is 23.7 Å². The lowest BCUT2D eigenvalue weighted by molar-refractivity contribution is -0.135. The Morgan fingerprint density at radius 1 is 1.06 bits per heavy atom. The summed E-state index contributed by atoms with van der Waals surface area (Å²) in [6, 6.07) is 10.8. The molecule has 2 saturated heterocycles. The maximum atomic E-state index is 13.2. The number of rotatable bonds is 6. The van der Waals surface area contributed by atoms with Crippen molar-refractivity contribution in [2.75, 3.05) is 39.8 Å². The number of carbonyl (C=O) groups is 3. The molecule has 1 unspecified atom stereocenters. The molecule has 1 aromatic carbocycles. The first-order valence-electron chi connectivity index (χ1n) is 11.1. The Balaban J connectivity index is 1.29. The first kappa shape index (κ1) is 23.3. The average molecular weight is 474 g/mol. The van der Waals surface area contributed by atoms with Crippen LogP contribution in [0.5, 0.6) is 0 Å². The van der Waals surface area contributed by atoms with Crippen LogP contribution in [0.3, 0.4) is 0 Å². The molecule has 3 heterocycles. The van der Waals surface area contributed by atoms with E-state index in [0.29, 0.717) is 50.1 Å². The van der Waals surface area contributed by atoms with Crippen molar-refractivity contribution in [1.82, 2.24) is 14.7 Å². The third-order valence-corrected chi connectivity index (χ3v) is 6.43. The summed E-state index contributed by atoms with van der Waals surface area (Å²) in [6.07, 6.45) is 1.10. The second kappa shape index (κ2) is 10.4. The van der Waals surface area contributed by atoms with Gasteiger partial charge in [0.1, 0.15) is 5.76 Å². The zero-order valence-corrected chi connectivity index (χ0v) is 19.4. The van der Waals surface area contributed by atoms with Gasteiger partial charge in [-0.15, -0.1) is 0 Å². The molecule has 1 aromatic heterocycles. The van der Waals surface area contributed by atoms with E-state index in [1.165, 1.54) is 7.11 Å². The second-order valence-electron chi connectivity index (χ2n) is 8.51. The topological polar surface area (TPSA) is 83.3 Å². The van der Waals surface area contributed by atoms with Crippen molar-refractivity contribution in [2.24, 2.45) is 5.92 Å². The normalized spacial score (nSPS) is 19.6. The molecule has 8 nitrogen and oxygen atoms in total. The van der Waals surface area contributed by atoms with E-state index in [1.54, 1.807) is 17.0 Å². The van der Waals surface area contributed by atoms with Gasteiger partial charge in [0.2, 0.25) is 17.6 Å². The molecular formula is C24H28ClN3O5. The number of furan rings is 1. The summed E-state index contributed by atoms with van der Waals surface area (Å²) in [5.74, 6) is 0.144. The largest absolute Gasteiger partial charge is 0.463 e. The third kappa shape index (κ3) is 5.75. The minimum atomic E-state index is -0.495. The fraction of sp³-hybridized carbons (Fsp3) is 0.458. The Hall–Kier alpha value is -2.84. The number of likely N-dealkylation sites (tertiary alicyclic amines) is 1. The molecule has 33 heavy (non-hydrogen) atoms. The van der Waals surface area contributed by atoms with Gasteiger partial charge in [0.05, 0.1) is 19.6 Å². The van der Waals surface area contributed by atoms with E-state index in [-0.39, 0.29) is 29.9 Å². The van der Waals surface area contributed by atoms with E-state index in [9.17, 15) is 14.4 Å². The van der Waals surface area contributed by atoms with Crippen molar-refractivity contribution in [3.8, 4) is 0 Å². The molecule has 9 heteroatoms. The van der Waals surface area contributed by atoms with E-state index < -0.39 is 5.97 Å². The first-order chi connectivity index (χ1) is 15.9. The number of ether oxygens (including phenoxy) is 1. The Morgan fingerprint density at radius 3 is 2.61 bits per heavy atom. The molecule has 0 bridgehead atoms. The highest BCUT2D eigenvalue weighted by molar-refractivity contribution is 6.30. The molecule has 0 spiro atoms. The monoisotopic (exact) mass is 473 g/mol. The van der Waals surface area contributed by atoms with E-state index in [0.717, 1.165) is 18.5 Å². The van der Waals surface area contributed by atoms with Crippen molar-refractivity contribution < 1.29 is 23.5 Å². The van der Waals surface area contributed by atoms with E-state index in [1.807, 2.05) is 29.2 Å². The minimum absolute atomic E-state index is 0.0129. The van der Waals surface area contributed by atoms with Gasteiger partial charge in [-0.3, -0.25) is 14.5 Å². The summed E-state index contributed by atoms with van der Waals surface area (Å²) >= 11 is 5.94. The third-order valence-electron chi connectivity index (χ3n) is 6.18. The predicted octanol–water partition coefficient (Wildman–Crippen LogP) is 2.80. The minimum Gasteiger partial charge on any atom is -0.463 e. The number of hydrogen-bond acceptors (Lipinski definition) is 6. The zero-order valence-electron chi connectivity index (χ0n) is 18.7. The standard InChI is InChI=1S/C24H28ClN3O5/c1-32-24(31)21-8-7-20(33-21)16-26-9-2-10-27(12-11-26)23(30)18-13-22(29)28(15-18)14-17-3-5-19(25)6-4-17/h3-8,18H,2,9-16H2,1H3. The Labute approximate surface area is 198 Å². The molecule has 2 amide bonds. The van der Waals surface area contributed by atoms with Gasteiger partial charge in [0.15, 0.2) is 0 Å². The van der Waals surface area contributed by atoms with E-state index in [2.05, 4.69) is 9.64 Å². The Kier molecular flexibility index (Phi) is 7.35. The molecule has 2 aliphatic rings. The van der Waals surface area contributed by atoms with Crippen LogP contribution in [-0.2, 0) is 27.4 Å². The highest BCUT2D eigenvalue weighted by atomic mass is 35.5. The van der Waals surface area contributed by atoms with Crippen LogP contribution in [0.2, 0.25) is 5.02 Å². The number of nitrogens with zero attached hydrogens (tertiary/aromatic N) is 3. The summed E-state index contributed by atoms with van der Waals surface area (Å²) in [5.41, 5.74) is 1.000. The Morgan fingerprint density at radius 2 is 1.85 bits per heavy atom. The van der Waals surface area contributed by atoms with Crippen molar-refractivity contribution in [2.45, 2.75) is 25.9 Å². The maximum absolute atomic E-state index is 13.2. The van der Waals surface area contributed by atoms with Crippen LogP contribution in [0.4, 0.5) is 0 Å². The highest BCUT2D eigenvalue weighted by Gasteiger charge is 2.36. The summed E-state index contributed by atoms with van der Waals surface area (Å²) < 4.78 is 10.2. The number of methoxy groups -OCH3 is 1. The molecular weight excluding hydrogens is 446 g/mol. The SMILES string of the molecule is COC(=O)c1ccc(CN2CCCN(C(=O)C3CC(=O)N(Cc4ccc(Cl)cc4)C3)CC2)o1. The number of halogens is 1. The number of carbonyl (C=O) groups excluding carboxylic acids is 3. The zero-order chi connectivity index (χ0) is 23.4. The second-order valence-corrected chi connectivity index (χ2v) is 8.95. The average Bonchev–Trinajstić information content (AvgIpc) is 3.35. The molecule has 4 rings (SSSR count). The maximum Gasteiger partial charge on any atom is 0.373 e. The van der Waals surface area contributed by atoms with Crippen molar-refractivity contribution in [3.63, 3.8) is 0 Å². The molecule has 176 valence electrons. The summed E-state index contributed by atoms with van der Waals surface area (Å²) in [6.45, 7) is 4.30. The quantitative estimate of drug-likeness (QED) is 0.600. The molecule has 0 aliphatic carbocycles. The van der Waals surface area contributed by atoms with Gasteiger partial charge in [-0.2, -0.15) is 0 Å². The first-order valence-corrected chi connectivity index (χ1v) is 11.5. The van der Waals surface area contributed by atoms with Crippen molar-refractivity contribution in [1.29, 1.82) is 0 Å². The van der Waals surface area contributed by atoms with Crippen LogP contribution >= 0.6 is 11.6 Å². The van der Waals surface area contributed by atoms with Crippen LogP contribution in [0.25, 0.3) is 0 Å². The molecule has 0 N–H and O–H groups in total. The molecule has 1 atom stereocenters. The van der Waals surface area contributed by atoms with E-state index in [4.69, 9.17) is 16.0 Å². The van der Waals surface area contributed by atoms with E-state index >= 15 is 0 Å². The van der Waals surface area contributed by atoms with Crippen LogP contribution in [0.15, 0.2) is 40.8 Å². The van der Waals surface area contributed by atoms with Gasteiger partial charge >= 0.3 is 5.97 Å². The summed E-state index contributed by atoms with van der Waals surface area (Å²) in [5, 5.41) is 0.658. The lowest BCUT2D eigenvalue weighted by atomic mass is 10.1. The van der Waals surface area contributed by atoms with Crippen molar-refractivity contribution >= 4 is 29.4 Å². The van der Waals surface area contributed by atoms with Gasteiger partial charge in [-0.05, 0) is 36.2 Å². The summed E-state index contributed by atoms with van der Waals surface area (Å²) in [4.78, 5) is 43.1. The van der Waals surface area contributed by atoms with Crippen LogP contribution < -0.4 is 0 Å². The van der Waals surface area contributed by atoms with Gasteiger partial charge in [0.25, 0.3) is 0 Å². The predicted molar refractivity (Wildman–Crippen MR) is 121 cm³/mol. The molecule has 0 saturated carbocycles. The number of esters is 1. The smallest absolute Gasteiger partial charge is 0.373 e. The molecule has 2 fully saturated rings. The number of benzene rings is 1. The van der Waals surface area contributed by atoms with Gasteiger partial charge in [0, 0.05) is 50.7 Å². The molecule has 2 aromatic rings.